The molecule has 6 rings (SSSR count). The molecule has 0 amide bonds. The van der Waals surface area contributed by atoms with Gasteiger partial charge in [-0.15, -0.1) is 0 Å². The first-order valence-electron chi connectivity index (χ1n) is 9.04. The number of hydrogen-bond acceptors (Lipinski definition) is 4. The fourth-order valence-electron chi connectivity index (χ4n) is 4.49. The third-order valence-corrected chi connectivity index (χ3v) is 5.92. The Labute approximate surface area is 146 Å². The summed E-state index contributed by atoms with van der Waals surface area (Å²) in [5, 5.41) is 8.28. The fraction of sp³-hybridized carbons (Fsp3) is 0.400. The van der Waals surface area contributed by atoms with Gasteiger partial charge in [0.25, 0.3) is 0 Å². The van der Waals surface area contributed by atoms with Crippen molar-refractivity contribution in [3.8, 4) is 11.1 Å². The normalized spacial score (nSPS) is 25.5. The maximum Gasteiger partial charge on any atom is 0.184 e. The van der Waals surface area contributed by atoms with E-state index in [0.29, 0.717) is 24.0 Å². The number of Topliss-reactive ketones (excluding diaryl/α,β-unsaturated/α-hetero) is 1. The Morgan fingerprint density at radius 2 is 2.12 bits per heavy atom. The SMILES string of the molecule is O=C(C[C@@H]1CN2CCC1CC2)c1n[nH]c2cc(-c3ccoc3)ccc12. The number of nitrogens with one attached hydrogen (secondary N) is 1. The molecule has 0 spiro atoms. The van der Waals surface area contributed by atoms with Crippen molar-refractivity contribution in [1.29, 1.82) is 0 Å². The van der Waals surface area contributed by atoms with E-state index >= 15 is 0 Å². The molecule has 3 aromatic rings. The average molecular weight is 335 g/mol. The number of ketones is 1. The average Bonchev–Trinajstić information content (AvgIpc) is 3.32. The van der Waals surface area contributed by atoms with Gasteiger partial charge in [0.1, 0.15) is 5.69 Å². The molecule has 25 heavy (non-hydrogen) atoms. The number of aromatic nitrogens is 2. The third kappa shape index (κ3) is 2.59. The summed E-state index contributed by atoms with van der Waals surface area (Å²) in [5.41, 5.74) is 3.57. The van der Waals surface area contributed by atoms with E-state index in [-0.39, 0.29) is 5.78 Å². The molecule has 5 heteroatoms. The van der Waals surface area contributed by atoms with Crippen LogP contribution in [0.3, 0.4) is 0 Å². The van der Waals surface area contributed by atoms with Gasteiger partial charge in [-0.1, -0.05) is 6.07 Å². The van der Waals surface area contributed by atoms with Crippen molar-refractivity contribution >= 4 is 16.7 Å². The summed E-state index contributed by atoms with van der Waals surface area (Å²) in [7, 11) is 0. The van der Waals surface area contributed by atoms with Crippen molar-refractivity contribution in [2.45, 2.75) is 19.3 Å². The van der Waals surface area contributed by atoms with E-state index in [0.717, 1.165) is 28.6 Å². The number of hydrogen-bond donors (Lipinski definition) is 1. The van der Waals surface area contributed by atoms with E-state index in [1.807, 2.05) is 24.3 Å². The molecule has 1 atom stereocenters. The number of furan rings is 1. The maximum absolute atomic E-state index is 12.9. The molecule has 0 unspecified atom stereocenters. The summed E-state index contributed by atoms with van der Waals surface area (Å²) in [4.78, 5) is 15.4. The zero-order valence-electron chi connectivity index (χ0n) is 14.1. The molecular formula is C20H21N3O2. The van der Waals surface area contributed by atoms with E-state index in [4.69, 9.17) is 4.42 Å². The molecule has 5 nitrogen and oxygen atoms in total. The number of fused-ring (bicyclic) bond motifs is 4. The molecule has 3 fully saturated rings. The van der Waals surface area contributed by atoms with E-state index in [2.05, 4.69) is 15.1 Å². The van der Waals surface area contributed by atoms with Crippen LogP contribution in [0.2, 0.25) is 0 Å². The number of piperidine rings is 3. The first-order valence-corrected chi connectivity index (χ1v) is 9.04. The second-order valence-corrected chi connectivity index (χ2v) is 7.37. The van der Waals surface area contributed by atoms with E-state index in [1.165, 1.54) is 25.9 Å². The molecule has 1 N–H and O–H groups in total. The van der Waals surface area contributed by atoms with Crippen molar-refractivity contribution in [2.24, 2.45) is 11.8 Å². The molecule has 3 saturated heterocycles. The highest BCUT2D eigenvalue weighted by Crippen LogP contribution is 2.35. The number of benzene rings is 1. The lowest BCUT2D eigenvalue weighted by Gasteiger charge is -2.44. The van der Waals surface area contributed by atoms with Crippen LogP contribution < -0.4 is 0 Å². The van der Waals surface area contributed by atoms with Crippen LogP contribution in [0.1, 0.15) is 29.8 Å². The van der Waals surface area contributed by atoms with Crippen LogP contribution in [-0.4, -0.2) is 40.5 Å². The summed E-state index contributed by atoms with van der Waals surface area (Å²) >= 11 is 0. The maximum atomic E-state index is 12.9. The fourth-order valence-corrected chi connectivity index (χ4v) is 4.49. The number of rotatable bonds is 4. The summed E-state index contributed by atoms with van der Waals surface area (Å²) in [5.74, 6) is 1.37. The zero-order valence-corrected chi connectivity index (χ0v) is 14.1. The first-order chi connectivity index (χ1) is 12.3. The second-order valence-electron chi connectivity index (χ2n) is 7.37. The molecule has 0 saturated carbocycles. The Kier molecular flexibility index (Phi) is 3.48. The van der Waals surface area contributed by atoms with Gasteiger partial charge in [0, 0.05) is 23.9 Å². The lowest BCUT2D eigenvalue weighted by atomic mass is 9.76. The van der Waals surface area contributed by atoms with Gasteiger partial charge in [0.2, 0.25) is 0 Å². The van der Waals surface area contributed by atoms with Gasteiger partial charge in [-0.2, -0.15) is 5.10 Å². The number of nitrogens with zero attached hydrogens (tertiary/aromatic N) is 2. The number of carbonyl (C=O) groups excluding carboxylic acids is 1. The van der Waals surface area contributed by atoms with Crippen LogP contribution in [0.4, 0.5) is 0 Å². The third-order valence-electron chi connectivity index (χ3n) is 5.92. The first kappa shape index (κ1) is 14.9. The van der Waals surface area contributed by atoms with Gasteiger partial charge in [-0.25, -0.2) is 0 Å². The molecule has 1 aromatic carbocycles. The van der Waals surface area contributed by atoms with Crippen LogP contribution in [-0.2, 0) is 0 Å². The minimum atomic E-state index is 0.168. The largest absolute Gasteiger partial charge is 0.472 e. The molecule has 3 aliphatic heterocycles. The van der Waals surface area contributed by atoms with Crippen LogP contribution in [0.25, 0.3) is 22.0 Å². The van der Waals surface area contributed by atoms with Crippen LogP contribution in [0.15, 0.2) is 41.2 Å². The summed E-state index contributed by atoms with van der Waals surface area (Å²) in [6, 6.07) is 7.97. The van der Waals surface area contributed by atoms with Gasteiger partial charge in [0.15, 0.2) is 5.78 Å². The van der Waals surface area contributed by atoms with Crippen molar-refractivity contribution in [3.63, 3.8) is 0 Å². The lowest BCUT2D eigenvalue weighted by Crippen LogP contribution is -2.47. The van der Waals surface area contributed by atoms with Gasteiger partial charge in [0.05, 0.1) is 18.0 Å². The molecule has 2 bridgehead atoms. The minimum Gasteiger partial charge on any atom is -0.472 e. The van der Waals surface area contributed by atoms with E-state index in [9.17, 15) is 4.79 Å². The summed E-state index contributed by atoms with van der Waals surface area (Å²) in [6.07, 6.45) is 6.48. The second kappa shape index (κ2) is 5.85. The number of aromatic amines is 1. The Bertz CT molecular complexity index is 904. The van der Waals surface area contributed by atoms with E-state index in [1.54, 1.807) is 12.5 Å². The van der Waals surface area contributed by atoms with E-state index < -0.39 is 0 Å². The Morgan fingerprint density at radius 1 is 1.24 bits per heavy atom. The number of H-pyrrole nitrogens is 1. The van der Waals surface area contributed by atoms with Gasteiger partial charge < -0.3 is 9.32 Å². The predicted molar refractivity (Wildman–Crippen MR) is 95.4 cm³/mol. The highest BCUT2D eigenvalue weighted by atomic mass is 16.3. The van der Waals surface area contributed by atoms with Crippen molar-refractivity contribution in [1.82, 2.24) is 15.1 Å². The molecule has 128 valence electrons. The van der Waals surface area contributed by atoms with Crippen molar-refractivity contribution in [3.05, 3.63) is 42.5 Å². The highest BCUT2D eigenvalue weighted by Gasteiger charge is 2.35. The Balaban J connectivity index is 1.40. The molecule has 2 aromatic heterocycles. The van der Waals surface area contributed by atoms with Crippen molar-refractivity contribution in [2.75, 3.05) is 19.6 Å². The standard InChI is InChI=1S/C20H21N3O2/c24-19(10-16-11-23-6-3-13(16)4-7-23)20-17-2-1-14(9-18(17)21-22-20)15-5-8-25-12-15/h1-2,5,8-9,12-13,16H,3-4,6-7,10-11H2,(H,21,22)/t16-/m1/s1. The van der Waals surface area contributed by atoms with Crippen LogP contribution >= 0.6 is 0 Å². The minimum absolute atomic E-state index is 0.168. The Morgan fingerprint density at radius 3 is 2.84 bits per heavy atom. The van der Waals surface area contributed by atoms with Gasteiger partial charge >= 0.3 is 0 Å². The van der Waals surface area contributed by atoms with Gasteiger partial charge in [-0.05, 0) is 61.5 Å². The lowest BCUT2D eigenvalue weighted by molar-refractivity contribution is 0.0440. The number of carbonyl (C=O) groups is 1. The van der Waals surface area contributed by atoms with Crippen molar-refractivity contribution < 1.29 is 9.21 Å². The summed E-state index contributed by atoms with van der Waals surface area (Å²) < 4.78 is 5.15. The smallest absolute Gasteiger partial charge is 0.184 e. The highest BCUT2D eigenvalue weighted by molar-refractivity contribution is 6.06. The molecule has 3 aliphatic rings. The monoisotopic (exact) mass is 335 g/mol. The molecule has 0 radical (unpaired) electrons. The zero-order chi connectivity index (χ0) is 16.8. The topological polar surface area (TPSA) is 62.1 Å². The predicted octanol–water partition coefficient (Wildman–Crippen LogP) is 3.74. The summed E-state index contributed by atoms with van der Waals surface area (Å²) in [6.45, 7) is 3.48. The Hall–Kier alpha value is -2.40. The molecule has 0 aliphatic carbocycles. The molecular weight excluding hydrogens is 314 g/mol. The quantitative estimate of drug-likeness (QED) is 0.738. The van der Waals surface area contributed by atoms with Crippen LogP contribution in [0, 0.1) is 11.8 Å². The van der Waals surface area contributed by atoms with Crippen LogP contribution in [0.5, 0.6) is 0 Å². The molecule has 5 heterocycles. The van der Waals surface area contributed by atoms with Gasteiger partial charge in [-0.3, -0.25) is 9.89 Å².